The van der Waals surface area contributed by atoms with Crippen molar-refractivity contribution in [2.45, 2.75) is 26.8 Å². The lowest BCUT2D eigenvalue weighted by atomic mass is 10.2. The third kappa shape index (κ3) is 5.87. The predicted octanol–water partition coefficient (Wildman–Crippen LogP) is 3.31. The van der Waals surface area contributed by atoms with E-state index >= 15 is 0 Å². The molecule has 1 N–H and O–H groups in total. The van der Waals surface area contributed by atoms with Gasteiger partial charge in [0.25, 0.3) is 0 Å². The number of hydrogen-bond acceptors (Lipinski definition) is 4. The van der Waals surface area contributed by atoms with Crippen LogP contribution in [0.1, 0.15) is 18.1 Å². The molecule has 0 unspecified atom stereocenters. The Morgan fingerprint density at radius 3 is 2.54 bits per heavy atom. The lowest BCUT2D eigenvalue weighted by Crippen LogP contribution is -2.48. The number of benzene rings is 2. The summed E-state index contributed by atoms with van der Waals surface area (Å²) in [5.41, 5.74) is 2.31. The lowest BCUT2D eigenvalue weighted by molar-refractivity contribution is -0.121. The fourth-order valence-corrected chi connectivity index (χ4v) is 4.07. The summed E-state index contributed by atoms with van der Waals surface area (Å²) in [6.07, 6.45) is 1.09. The third-order valence-electron chi connectivity index (χ3n) is 4.16. The summed E-state index contributed by atoms with van der Waals surface area (Å²) in [7, 11) is -3.63. The minimum atomic E-state index is -3.63. The van der Waals surface area contributed by atoms with Crippen LogP contribution < -0.4 is 14.4 Å². The van der Waals surface area contributed by atoms with Gasteiger partial charge in [0.15, 0.2) is 0 Å². The summed E-state index contributed by atoms with van der Waals surface area (Å²) >= 11 is 6.05. The quantitative estimate of drug-likeness (QED) is 0.659. The first-order chi connectivity index (χ1) is 13.1. The first-order valence-electron chi connectivity index (χ1n) is 8.82. The molecule has 0 aliphatic rings. The van der Waals surface area contributed by atoms with Gasteiger partial charge in [0.2, 0.25) is 15.9 Å². The summed E-state index contributed by atoms with van der Waals surface area (Å²) in [6, 6.07) is 11.5. The maximum Gasteiger partial charge on any atom is 0.243 e. The molecule has 8 heteroatoms. The van der Waals surface area contributed by atoms with Crippen LogP contribution in [0.25, 0.3) is 0 Å². The lowest BCUT2D eigenvalue weighted by Gasteiger charge is -2.28. The van der Waals surface area contributed by atoms with Crippen molar-refractivity contribution in [1.29, 1.82) is 0 Å². The molecule has 152 valence electrons. The summed E-state index contributed by atoms with van der Waals surface area (Å²) in [4.78, 5) is 12.5. The van der Waals surface area contributed by atoms with Gasteiger partial charge in [0.1, 0.15) is 18.4 Å². The molecule has 0 saturated heterocycles. The van der Waals surface area contributed by atoms with Gasteiger partial charge < -0.3 is 10.1 Å². The van der Waals surface area contributed by atoms with E-state index in [1.165, 1.54) is 0 Å². The molecule has 2 aromatic rings. The molecule has 1 amide bonds. The van der Waals surface area contributed by atoms with E-state index in [0.29, 0.717) is 16.5 Å². The van der Waals surface area contributed by atoms with Crippen LogP contribution in [0, 0.1) is 13.8 Å². The van der Waals surface area contributed by atoms with Gasteiger partial charge in [-0.15, -0.1) is 0 Å². The van der Waals surface area contributed by atoms with Crippen LogP contribution in [0.15, 0.2) is 42.5 Å². The maximum absolute atomic E-state index is 12.5. The van der Waals surface area contributed by atoms with E-state index in [0.717, 1.165) is 21.7 Å². The molecule has 6 nitrogen and oxygen atoms in total. The Kier molecular flexibility index (Phi) is 7.32. The van der Waals surface area contributed by atoms with Crippen molar-refractivity contribution in [1.82, 2.24) is 5.32 Å². The summed E-state index contributed by atoms with van der Waals surface area (Å²) in [5, 5.41) is 3.32. The second-order valence-corrected chi connectivity index (χ2v) is 8.89. The molecule has 0 aliphatic heterocycles. The fraction of sp³-hybridized carbons (Fsp3) is 0.350. The van der Waals surface area contributed by atoms with Crippen LogP contribution in [-0.2, 0) is 14.8 Å². The standard InChI is InChI=1S/C20H25ClN2O4S/c1-14-6-5-7-17(12-14)23(28(4,25)26)16(3)20(24)22-10-11-27-18-9-8-15(2)19(21)13-18/h5-9,12-13,16H,10-11H2,1-4H3,(H,22,24)/t16-/m0/s1. The number of rotatable bonds is 8. The number of hydrogen-bond donors (Lipinski definition) is 1. The molecule has 0 radical (unpaired) electrons. The van der Waals surface area contributed by atoms with Crippen LogP contribution in [0.5, 0.6) is 5.75 Å². The highest BCUT2D eigenvalue weighted by atomic mass is 35.5. The minimum absolute atomic E-state index is 0.236. The topological polar surface area (TPSA) is 75.7 Å². The minimum Gasteiger partial charge on any atom is -0.492 e. The first kappa shape index (κ1) is 22.0. The molecule has 2 rings (SSSR count). The molecular weight excluding hydrogens is 400 g/mol. The number of carbonyl (C=O) groups is 1. The van der Waals surface area contributed by atoms with Crippen molar-refractivity contribution in [2.75, 3.05) is 23.7 Å². The number of nitrogens with one attached hydrogen (secondary N) is 1. The second-order valence-electron chi connectivity index (χ2n) is 6.62. The van der Waals surface area contributed by atoms with Gasteiger partial charge in [-0.25, -0.2) is 8.42 Å². The molecule has 0 fully saturated rings. The number of anilines is 1. The van der Waals surface area contributed by atoms with Gasteiger partial charge in [-0.1, -0.05) is 29.8 Å². The van der Waals surface area contributed by atoms with E-state index in [2.05, 4.69) is 5.32 Å². The zero-order chi connectivity index (χ0) is 20.9. The number of carbonyl (C=O) groups excluding carboxylic acids is 1. The number of aryl methyl sites for hydroxylation is 2. The number of sulfonamides is 1. The summed E-state index contributed by atoms with van der Waals surface area (Å²) in [5.74, 6) is 0.202. The van der Waals surface area contributed by atoms with E-state index < -0.39 is 22.0 Å². The Morgan fingerprint density at radius 1 is 1.21 bits per heavy atom. The molecule has 2 aromatic carbocycles. The van der Waals surface area contributed by atoms with Gasteiger partial charge in [-0.3, -0.25) is 9.10 Å². The van der Waals surface area contributed by atoms with Gasteiger partial charge in [0, 0.05) is 5.02 Å². The van der Waals surface area contributed by atoms with E-state index in [9.17, 15) is 13.2 Å². The highest BCUT2D eigenvalue weighted by molar-refractivity contribution is 7.92. The first-order valence-corrected chi connectivity index (χ1v) is 11.0. The highest BCUT2D eigenvalue weighted by Crippen LogP contribution is 2.22. The molecule has 0 aromatic heterocycles. The van der Waals surface area contributed by atoms with Crippen molar-refractivity contribution >= 4 is 33.2 Å². The molecule has 0 spiro atoms. The summed E-state index contributed by atoms with van der Waals surface area (Å²) < 4.78 is 31.2. The zero-order valence-corrected chi connectivity index (χ0v) is 18.0. The van der Waals surface area contributed by atoms with Gasteiger partial charge in [-0.2, -0.15) is 0 Å². The van der Waals surface area contributed by atoms with E-state index in [4.69, 9.17) is 16.3 Å². The average Bonchev–Trinajstić information content (AvgIpc) is 2.60. The fourth-order valence-electron chi connectivity index (χ4n) is 2.73. The Hall–Kier alpha value is -2.25. The Morgan fingerprint density at radius 2 is 1.93 bits per heavy atom. The Balaban J connectivity index is 1.98. The smallest absolute Gasteiger partial charge is 0.243 e. The Labute approximate surface area is 171 Å². The van der Waals surface area contributed by atoms with Crippen LogP contribution >= 0.6 is 11.6 Å². The van der Waals surface area contributed by atoms with E-state index in [1.807, 2.05) is 26.0 Å². The van der Waals surface area contributed by atoms with Crippen molar-refractivity contribution in [3.8, 4) is 5.75 Å². The average molecular weight is 425 g/mol. The second kappa shape index (κ2) is 9.30. The molecule has 0 saturated carbocycles. The van der Waals surface area contributed by atoms with E-state index in [1.54, 1.807) is 37.3 Å². The SMILES string of the molecule is Cc1cccc(N([C@@H](C)C(=O)NCCOc2ccc(C)c(Cl)c2)S(C)(=O)=O)c1. The van der Waals surface area contributed by atoms with Crippen molar-refractivity contribution in [3.63, 3.8) is 0 Å². The maximum atomic E-state index is 12.5. The monoisotopic (exact) mass is 424 g/mol. The summed E-state index contributed by atoms with van der Waals surface area (Å²) in [6.45, 7) is 5.79. The number of halogens is 1. The predicted molar refractivity (Wildman–Crippen MR) is 113 cm³/mol. The highest BCUT2D eigenvalue weighted by Gasteiger charge is 2.28. The largest absolute Gasteiger partial charge is 0.492 e. The Bertz CT molecular complexity index is 947. The van der Waals surface area contributed by atoms with Crippen molar-refractivity contribution < 1.29 is 17.9 Å². The van der Waals surface area contributed by atoms with Gasteiger partial charge in [-0.05, 0) is 56.2 Å². The van der Waals surface area contributed by atoms with Crippen molar-refractivity contribution in [3.05, 3.63) is 58.6 Å². The molecule has 1 atom stereocenters. The van der Waals surface area contributed by atoms with Crippen LogP contribution in [0.3, 0.4) is 0 Å². The van der Waals surface area contributed by atoms with Gasteiger partial charge in [0.05, 0.1) is 18.5 Å². The number of amides is 1. The molecule has 0 aliphatic carbocycles. The third-order valence-corrected chi connectivity index (χ3v) is 5.81. The zero-order valence-electron chi connectivity index (χ0n) is 16.4. The molecular formula is C20H25ClN2O4S. The van der Waals surface area contributed by atoms with Crippen LogP contribution in [-0.4, -0.2) is 39.8 Å². The van der Waals surface area contributed by atoms with Gasteiger partial charge >= 0.3 is 0 Å². The normalized spacial score (nSPS) is 12.3. The van der Waals surface area contributed by atoms with E-state index in [-0.39, 0.29) is 13.2 Å². The number of nitrogens with zero attached hydrogens (tertiary/aromatic N) is 1. The molecule has 0 heterocycles. The van der Waals surface area contributed by atoms with Crippen LogP contribution in [0.2, 0.25) is 5.02 Å². The van der Waals surface area contributed by atoms with Crippen molar-refractivity contribution in [2.24, 2.45) is 0 Å². The molecule has 28 heavy (non-hydrogen) atoms. The molecule has 0 bridgehead atoms. The van der Waals surface area contributed by atoms with Crippen LogP contribution in [0.4, 0.5) is 5.69 Å². The number of ether oxygens (including phenoxy) is 1.